The summed E-state index contributed by atoms with van der Waals surface area (Å²) in [6.07, 6.45) is -2.06. The van der Waals surface area contributed by atoms with Gasteiger partial charge >= 0.3 is 12.1 Å². The van der Waals surface area contributed by atoms with E-state index in [9.17, 15) is 18.0 Å². The summed E-state index contributed by atoms with van der Waals surface area (Å²) >= 11 is 0. The second kappa shape index (κ2) is 11.5. The van der Waals surface area contributed by atoms with E-state index in [0.29, 0.717) is 23.6 Å². The van der Waals surface area contributed by atoms with Crippen LogP contribution in [0.2, 0.25) is 0 Å². The molecule has 0 aliphatic carbocycles. The zero-order chi connectivity index (χ0) is 28.1. The van der Waals surface area contributed by atoms with Gasteiger partial charge in [-0.2, -0.15) is 18.3 Å². The van der Waals surface area contributed by atoms with Crippen molar-refractivity contribution in [2.45, 2.75) is 45.0 Å². The second-order valence-corrected chi connectivity index (χ2v) is 9.18. The highest BCUT2D eigenvalue weighted by Gasteiger charge is 2.38. The van der Waals surface area contributed by atoms with E-state index in [1.165, 1.54) is 0 Å². The number of anilines is 1. The van der Waals surface area contributed by atoms with Crippen LogP contribution in [0.15, 0.2) is 53.9 Å². The number of alkyl halides is 3. The summed E-state index contributed by atoms with van der Waals surface area (Å²) in [5.41, 5.74) is 1.92. The maximum absolute atomic E-state index is 12.8. The van der Waals surface area contributed by atoms with Gasteiger partial charge in [0.05, 0.1) is 23.1 Å². The number of nitrogens with one attached hydrogen (secondary N) is 1. The Hall–Kier alpha value is -4.13. The molecule has 2 heterocycles. The summed E-state index contributed by atoms with van der Waals surface area (Å²) in [5, 5.41) is 20.5. The molecule has 0 spiro atoms. The number of benzene rings is 2. The number of halogens is 3. The minimum atomic E-state index is -5.08. The van der Waals surface area contributed by atoms with Crippen molar-refractivity contribution in [3.63, 3.8) is 0 Å². The van der Waals surface area contributed by atoms with Crippen LogP contribution in [0.5, 0.6) is 5.75 Å². The molecule has 2 aromatic carbocycles. The molecular formula is C25H27F3N4O6. The average molecular weight is 537 g/mol. The molecule has 2 N–H and O–H groups in total. The minimum Gasteiger partial charge on any atom is -0.475 e. The topological polar surface area (TPSA) is 124 Å². The number of rotatable bonds is 6. The van der Waals surface area contributed by atoms with E-state index >= 15 is 0 Å². The summed E-state index contributed by atoms with van der Waals surface area (Å²) < 4.78 is 44.4. The third kappa shape index (κ3) is 7.00. The molecule has 0 bridgehead atoms. The molecule has 1 unspecified atom stereocenters. The van der Waals surface area contributed by atoms with Gasteiger partial charge in [-0.3, -0.25) is 9.48 Å². The van der Waals surface area contributed by atoms with Crippen molar-refractivity contribution >= 4 is 34.0 Å². The number of ether oxygens (including phenoxy) is 2. The lowest BCUT2D eigenvalue weighted by Gasteiger charge is -2.18. The molecule has 0 radical (unpaired) electrons. The largest absolute Gasteiger partial charge is 0.490 e. The van der Waals surface area contributed by atoms with Gasteiger partial charge in [-0.15, -0.1) is 0 Å². The first-order valence-corrected chi connectivity index (χ1v) is 11.3. The van der Waals surface area contributed by atoms with Gasteiger partial charge in [0.25, 0.3) is 5.91 Å². The fraction of sp³-hybridized carbons (Fsp3) is 0.360. The third-order valence-electron chi connectivity index (χ3n) is 5.25. The molecule has 1 atom stereocenters. The Morgan fingerprint density at radius 3 is 2.47 bits per heavy atom. The fourth-order valence-electron chi connectivity index (χ4n) is 3.43. The SMILES string of the molecule is COCOc1ccc2ccccc2c1C1=NOC(C(=O)Nc2cnn(C(C)(C)C)c2)C1.O=C(O)C(F)(F)F. The summed E-state index contributed by atoms with van der Waals surface area (Å²) in [4.78, 5) is 27.2. The van der Waals surface area contributed by atoms with Gasteiger partial charge < -0.3 is 24.7 Å². The number of oxime groups is 1. The number of aromatic nitrogens is 2. The Morgan fingerprint density at radius 1 is 1.18 bits per heavy atom. The van der Waals surface area contributed by atoms with Crippen molar-refractivity contribution in [3.8, 4) is 5.75 Å². The lowest BCUT2D eigenvalue weighted by Crippen LogP contribution is -2.28. The molecule has 1 aliphatic heterocycles. The van der Waals surface area contributed by atoms with Crippen LogP contribution < -0.4 is 10.1 Å². The zero-order valence-corrected chi connectivity index (χ0v) is 21.1. The molecule has 3 aromatic rings. The van der Waals surface area contributed by atoms with Crippen molar-refractivity contribution in [2.75, 3.05) is 19.2 Å². The number of hydrogen-bond acceptors (Lipinski definition) is 7. The zero-order valence-electron chi connectivity index (χ0n) is 21.1. The summed E-state index contributed by atoms with van der Waals surface area (Å²) in [7, 11) is 1.57. The first kappa shape index (κ1) is 28.4. The number of aliphatic carboxylic acids is 1. The molecule has 0 saturated carbocycles. The van der Waals surface area contributed by atoms with Crippen molar-refractivity contribution in [1.82, 2.24) is 9.78 Å². The van der Waals surface area contributed by atoms with Gasteiger partial charge in [-0.25, -0.2) is 4.79 Å². The van der Waals surface area contributed by atoms with Gasteiger partial charge in [0.1, 0.15) is 5.75 Å². The molecule has 204 valence electrons. The number of amides is 1. The molecule has 1 aromatic heterocycles. The molecule has 1 amide bonds. The Balaban J connectivity index is 0.000000505. The molecule has 4 rings (SSSR count). The number of hydrogen-bond donors (Lipinski definition) is 2. The van der Waals surface area contributed by atoms with Gasteiger partial charge in [0, 0.05) is 25.3 Å². The van der Waals surface area contributed by atoms with Crippen LogP contribution in [0.1, 0.15) is 32.8 Å². The first-order valence-electron chi connectivity index (χ1n) is 11.3. The smallest absolute Gasteiger partial charge is 0.475 e. The molecule has 1 aliphatic rings. The van der Waals surface area contributed by atoms with E-state index in [0.717, 1.165) is 16.3 Å². The van der Waals surface area contributed by atoms with Crippen molar-refractivity contribution in [1.29, 1.82) is 0 Å². The number of carboxylic acids is 1. The van der Waals surface area contributed by atoms with E-state index in [4.69, 9.17) is 24.2 Å². The Morgan fingerprint density at radius 2 is 1.87 bits per heavy atom. The van der Waals surface area contributed by atoms with E-state index < -0.39 is 18.2 Å². The fourth-order valence-corrected chi connectivity index (χ4v) is 3.43. The molecular weight excluding hydrogens is 509 g/mol. The minimum absolute atomic E-state index is 0.112. The maximum atomic E-state index is 12.8. The third-order valence-corrected chi connectivity index (χ3v) is 5.25. The monoisotopic (exact) mass is 536 g/mol. The van der Waals surface area contributed by atoms with E-state index in [2.05, 4.69) is 15.6 Å². The van der Waals surface area contributed by atoms with Crippen LogP contribution in [-0.2, 0) is 24.7 Å². The maximum Gasteiger partial charge on any atom is 0.490 e. The van der Waals surface area contributed by atoms with E-state index in [1.54, 1.807) is 24.2 Å². The highest BCUT2D eigenvalue weighted by molar-refractivity contribution is 6.15. The Kier molecular flexibility index (Phi) is 8.61. The van der Waals surface area contributed by atoms with Crippen LogP contribution >= 0.6 is 0 Å². The van der Waals surface area contributed by atoms with Gasteiger partial charge in [0.2, 0.25) is 6.10 Å². The number of carbonyl (C=O) groups excluding carboxylic acids is 1. The predicted octanol–water partition coefficient (Wildman–Crippen LogP) is 4.54. The Labute approximate surface area is 216 Å². The van der Waals surface area contributed by atoms with Crippen LogP contribution in [-0.4, -0.2) is 58.7 Å². The number of methoxy groups -OCH3 is 1. The molecule has 0 saturated heterocycles. The number of fused-ring (bicyclic) bond motifs is 1. The van der Waals surface area contributed by atoms with Crippen LogP contribution in [0.25, 0.3) is 10.8 Å². The summed E-state index contributed by atoms with van der Waals surface area (Å²) in [6.45, 7) is 6.23. The average Bonchev–Trinajstić information content (AvgIpc) is 3.52. The van der Waals surface area contributed by atoms with Crippen LogP contribution in [0.3, 0.4) is 0 Å². The molecule has 0 fully saturated rings. The lowest BCUT2D eigenvalue weighted by atomic mass is 9.97. The van der Waals surface area contributed by atoms with E-state index in [1.807, 2.05) is 57.2 Å². The summed E-state index contributed by atoms with van der Waals surface area (Å²) in [6, 6.07) is 11.8. The second-order valence-electron chi connectivity index (χ2n) is 9.18. The van der Waals surface area contributed by atoms with Crippen molar-refractivity contribution in [2.24, 2.45) is 5.16 Å². The van der Waals surface area contributed by atoms with Gasteiger partial charge in [-0.1, -0.05) is 35.5 Å². The standard InChI is InChI=1S/C23H26N4O4.C2HF3O2/c1-23(2,3)27-13-16(12-24-27)25-22(28)20-11-18(26-31-20)21-17-8-6-5-7-15(17)9-10-19(21)30-14-29-4;3-2(4,5)1(6)7/h5-10,12-13,20H,11,14H2,1-4H3,(H,25,28);(H,6,7). The van der Waals surface area contributed by atoms with Gasteiger partial charge in [0.15, 0.2) is 6.79 Å². The highest BCUT2D eigenvalue weighted by atomic mass is 19.4. The first-order chi connectivity index (χ1) is 17.8. The quantitative estimate of drug-likeness (QED) is 0.443. The van der Waals surface area contributed by atoms with Crippen molar-refractivity contribution < 1.29 is 42.2 Å². The number of carboxylic acid groups (broad SMARTS) is 1. The van der Waals surface area contributed by atoms with Crippen LogP contribution in [0.4, 0.5) is 18.9 Å². The normalized spacial score (nSPS) is 15.2. The summed E-state index contributed by atoms with van der Waals surface area (Å²) in [5.74, 6) is -2.39. The van der Waals surface area contributed by atoms with Gasteiger partial charge in [-0.05, 0) is 37.6 Å². The molecule has 38 heavy (non-hydrogen) atoms. The molecule has 10 nitrogen and oxygen atoms in total. The van der Waals surface area contributed by atoms with E-state index in [-0.39, 0.29) is 18.2 Å². The Bertz CT molecular complexity index is 1330. The highest BCUT2D eigenvalue weighted by Crippen LogP contribution is 2.32. The number of carbonyl (C=O) groups is 2. The molecule has 13 heteroatoms. The number of nitrogens with zero attached hydrogens (tertiary/aromatic N) is 3. The lowest BCUT2D eigenvalue weighted by molar-refractivity contribution is -0.192. The van der Waals surface area contributed by atoms with Crippen molar-refractivity contribution in [3.05, 3.63) is 54.4 Å². The predicted molar refractivity (Wildman–Crippen MR) is 132 cm³/mol. The van der Waals surface area contributed by atoms with Crippen LogP contribution in [0, 0.1) is 0 Å².